The van der Waals surface area contributed by atoms with Gasteiger partial charge < -0.3 is 10.2 Å². The number of aromatic nitrogens is 1. The zero-order chi connectivity index (χ0) is 17.4. The summed E-state index contributed by atoms with van der Waals surface area (Å²) in [5, 5.41) is 3.34. The van der Waals surface area contributed by atoms with Gasteiger partial charge >= 0.3 is 0 Å². The highest BCUT2D eigenvalue weighted by Crippen LogP contribution is 2.21. The minimum Gasteiger partial charge on any atom is -0.340 e. The molecular formula is C20H27N3O. The Morgan fingerprint density at radius 1 is 1.08 bits per heavy atom. The molecule has 1 aromatic carbocycles. The summed E-state index contributed by atoms with van der Waals surface area (Å²) in [7, 11) is 0. The number of aryl methyl sites for hydroxylation is 1. The first-order valence-electron chi connectivity index (χ1n) is 8.79. The molecule has 0 aliphatic rings. The highest BCUT2D eigenvalue weighted by molar-refractivity contribution is 5.95. The van der Waals surface area contributed by atoms with Gasteiger partial charge in [0.25, 0.3) is 5.91 Å². The highest BCUT2D eigenvalue weighted by atomic mass is 16.2. The zero-order valence-corrected chi connectivity index (χ0v) is 14.9. The lowest BCUT2D eigenvalue weighted by molar-refractivity contribution is 0.0755. The molecule has 0 radical (unpaired) electrons. The fraction of sp³-hybridized carbons (Fsp3) is 0.400. The number of pyridine rings is 1. The van der Waals surface area contributed by atoms with Crippen molar-refractivity contribution in [2.24, 2.45) is 0 Å². The van der Waals surface area contributed by atoms with Gasteiger partial charge in [-0.05, 0) is 43.0 Å². The van der Waals surface area contributed by atoms with Crippen LogP contribution in [0.3, 0.4) is 0 Å². The molecular weight excluding hydrogens is 298 g/mol. The van der Waals surface area contributed by atoms with Gasteiger partial charge in [-0.1, -0.05) is 39.0 Å². The average molecular weight is 325 g/mol. The van der Waals surface area contributed by atoms with Crippen molar-refractivity contribution in [3.8, 4) is 0 Å². The Balaban J connectivity index is 2.20. The van der Waals surface area contributed by atoms with Crippen LogP contribution in [0.5, 0.6) is 0 Å². The maximum absolute atomic E-state index is 12.7. The van der Waals surface area contributed by atoms with E-state index in [0.717, 1.165) is 38.0 Å². The third-order valence-electron chi connectivity index (χ3n) is 3.94. The largest absolute Gasteiger partial charge is 0.340 e. The van der Waals surface area contributed by atoms with Gasteiger partial charge in [-0.2, -0.15) is 0 Å². The smallest absolute Gasteiger partial charge is 0.254 e. The number of nitrogens with zero attached hydrogens (tertiary/aromatic N) is 2. The maximum atomic E-state index is 12.7. The molecule has 128 valence electrons. The van der Waals surface area contributed by atoms with Crippen LogP contribution in [0.2, 0.25) is 0 Å². The van der Waals surface area contributed by atoms with Crippen molar-refractivity contribution in [2.75, 3.05) is 18.4 Å². The minimum absolute atomic E-state index is 0.0768. The van der Waals surface area contributed by atoms with E-state index in [1.54, 1.807) is 12.3 Å². The van der Waals surface area contributed by atoms with Gasteiger partial charge in [0.1, 0.15) is 5.82 Å². The Labute approximate surface area is 144 Å². The number of amides is 1. The van der Waals surface area contributed by atoms with Crippen molar-refractivity contribution in [3.05, 3.63) is 53.7 Å². The number of carbonyl (C=O) groups is 1. The third-order valence-corrected chi connectivity index (χ3v) is 3.94. The molecule has 4 nitrogen and oxygen atoms in total. The topological polar surface area (TPSA) is 45.2 Å². The molecule has 0 spiro atoms. The lowest BCUT2D eigenvalue weighted by Gasteiger charge is -2.21. The number of hydrogen-bond donors (Lipinski definition) is 1. The molecule has 2 rings (SSSR count). The molecule has 0 fully saturated rings. The van der Waals surface area contributed by atoms with Crippen LogP contribution in [0.1, 0.15) is 49.5 Å². The molecule has 24 heavy (non-hydrogen) atoms. The number of benzene rings is 1. The van der Waals surface area contributed by atoms with Gasteiger partial charge in [0, 0.05) is 30.5 Å². The number of nitrogens with one attached hydrogen (secondary N) is 1. The van der Waals surface area contributed by atoms with E-state index in [1.807, 2.05) is 29.2 Å². The summed E-state index contributed by atoms with van der Waals surface area (Å²) in [6, 6.07) is 11.8. The van der Waals surface area contributed by atoms with Gasteiger partial charge in [-0.15, -0.1) is 0 Å². The van der Waals surface area contributed by atoms with Crippen molar-refractivity contribution < 1.29 is 4.79 Å². The van der Waals surface area contributed by atoms with Crippen molar-refractivity contribution in [3.63, 3.8) is 0 Å². The van der Waals surface area contributed by atoms with Gasteiger partial charge in [-0.25, -0.2) is 4.98 Å². The van der Waals surface area contributed by atoms with Gasteiger partial charge in [-0.3, -0.25) is 4.79 Å². The van der Waals surface area contributed by atoms with Crippen LogP contribution in [0.25, 0.3) is 0 Å². The second-order valence-electron chi connectivity index (χ2n) is 5.86. The SMILES string of the molecule is CCCN(CCC)C(=O)c1ccnc(Nc2ccccc2CC)c1. The molecule has 1 N–H and O–H groups in total. The minimum atomic E-state index is 0.0768. The molecule has 1 amide bonds. The molecule has 0 saturated heterocycles. The third kappa shape index (κ3) is 4.57. The summed E-state index contributed by atoms with van der Waals surface area (Å²) in [4.78, 5) is 19.0. The molecule has 4 heteroatoms. The van der Waals surface area contributed by atoms with Crippen LogP contribution >= 0.6 is 0 Å². The van der Waals surface area contributed by atoms with Crippen LogP contribution in [-0.2, 0) is 6.42 Å². The summed E-state index contributed by atoms with van der Waals surface area (Å²) in [5.41, 5.74) is 2.95. The first-order valence-corrected chi connectivity index (χ1v) is 8.79. The van der Waals surface area contributed by atoms with E-state index in [4.69, 9.17) is 0 Å². The summed E-state index contributed by atoms with van der Waals surface area (Å²) in [6.45, 7) is 7.89. The Bertz CT molecular complexity index is 663. The molecule has 0 atom stereocenters. The first-order chi connectivity index (χ1) is 11.7. The van der Waals surface area contributed by atoms with Crippen LogP contribution in [0.15, 0.2) is 42.6 Å². The van der Waals surface area contributed by atoms with E-state index >= 15 is 0 Å². The molecule has 0 aliphatic carbocycles. The van der Waals surface area contributed by atoms with Crippen molar-refractivity contribution >= 4 is 17.4 Å². The number of anilines is 2. The van der Waals surface area contributed by atoms with E-state index in [-0.39, 0.29) is 5.91 Å². The van der Waals surface area contributed by atoms with Crippen LogP contribution < -0.4 is 5.32 Å². The molecule has 1 aromatic heterocycles. The quantitative estimate of drug-likeness (QED) is 0.768. The average Bonchev–Trinajstić information content (AvgIpc) is 2.61. The molecule has 0 unspecified atom stereocenters. The standard InChI is InChI=1S/C20H27N3O/c1-4-13-23(14-5-2)20(24)17-11-12-21-19(15-17)22-18-10-8-7-9-16(18)6-3/h7-12,15H,4-6,13-14H2,1-3H3,(H,21,22). The highest BCUT2D eigenvalue weighted by Gasteiger charge is 2.15. The van der Waals surface area contributed by atoms with E-state index in [9.17, 15) is 4.79 Å². The Morgan fingerprint density at radius 3 is 2.46 bits per heavy atom. The fourth-order valence-electron chi connectivity index (χ4n) is 2.76. The second kappa shape index (κ2) is 9.06. The van der Waals surface area contributed by atoms with E-state index in [0.29, 0.717) is 11.4 Å². The predicted octanol–water partition coefficient (Wildman–Crippen LogP) is 4.65. The zero-order valence-electron chi connectivity index (χ0n) is 14.9. The summed E-state index contributed by atoms with van der Waals surface area (Å²) >= 11 is 0. The summed E-state index contributed by atoms with van der Waals surface area (Å²) in [5.74, 6) is 0.780. The molecule has 0 bridgehead atoms. The number of rotatable bonds is 8. The number of hydrogen-bond acceptors (Lipinski definition) is 3. The van der Waals surface area contributed by atoms with E-state index < -0.39 is 0 Å². The molecule has 0 aliphatic heterocycles. The lowest BCUT2D eigenvalue weighted by atomic mass is 10.1. The Kier molecular flexibility index (Phi) is 6.79. The van der Waals surface area contributed by atoms with Crippen molar-refractivity contribution in [1.29, 1.82) is 0 Å². The van der Waals surface area contributed by atoms with Crippen molar-refractivity contribution in [2.45, 2.75) is 40.0 Å². The first kappa shape index (κ1) is 18.0. The van der Waals surface area contributed by atoms with Gasteiger partial charge in [0.2, 0.25) is 0 Å². The van der Waals surface area contributed by atoms with Crippen molar-refractivity contribution in [1.82, 2.24) is 9.88 Å². The number of para-hydroxylation sites is 1. The monoisotopic (exact) mass is 325 g/mol. The normalized spacial score (nSPS) is 10.5. The Morgan fingerprint density at radius 2 is 1.79 bits per heavy atom. The van der Waals surface area contributed by atoms with Gasteiger partial charge in [0.05, 0.1) is 0 Å². The number of carbonyl (C=O) groups excluding carboxylic acids is 1. The summed E-state index contributed by atoms with van der Waals surface area (Å²) < 4.78 is 0. The molecule has 1 heterocycles. The van der Waals surface area contributed by atoms with Crippen LogP contribution in [0.4, 0.5) is 11.5 Å². The van der Waals surface area contributed by atoms with Crippen LogP contribution in [0, 0.1) is 0 Å². The fourth-order valence-corrected chi connectivity index (χ4v) is 2.76. The molecule has 2 aromatic rings. The maximum Gasteiger partial charge on any atom is 0.254 e. The van der Waals surface area contributed by atoms with Crippen LogP contribution in [-0.4, -0.2) is 28.9 Å². The predicted molar refractivity (Wildman–Crippen MR) is 99.8 cm³/mol. The van der Waals surface area contributed by atoms with Gasteiger partial charge in [0.15, 0.2) is 0 Å². The Hall–Kier alpha value is -2.36. The second-order valence-corrected chi connectivity index (χ2v) is 5.86. The van der Waals surface area contributed by atoms with E-state index in [2.05, 4.69) is 37.1 Å². The molecule has 0 saturated carbocycles. The summed E-state index contributed by atoms with van der Waals surface area (Å²) in [6.07, 6.45) is 4.57. The van der Waals surface area contributed by atoms with E-state index in [1.165, 1.54) is 5.56 Å². The lowest BCUT2D eigenvalue weighted by Crippen LogP contribution is -2.32.